The molecule has 1 atom stereocenters. The summed E-state index contributed by atoms with van der Waals surface area (Å²) in [7, 11) is 0. The van der Waals surface area contributed by atoms with Gasteiger partial charge in [0.1, 0.15) is 6.04 Å². The molecule has 25 heavy (non-hydrogen) atoms. The van der Waals surface area contributed by atoms with E-state index in [-0.39, 0.29) is 11.9 Å². The van der Waals surface area contributed by atoms with Crippen LogP contribution in [0, 0.1) is 0 Å². The Morgan fingerprint density at radius 3 is 2.80 bits per heavy atom. The third kappa shape index (κ3) is 2.79. The van der Waals surface area contributed by atoms with Crippen LogP contribution in [0.25, 0.3) is 5.69 Å². The summed E-state index contributed by atoms with van der Waals surface area (Å²) in [4.78, 5) is 9.52. The molecule has 7 heteroatoms. The Balaban J connectivity index is 2.05. The van der Waals surface area contributed by atoms with Crippen LogP contribution in [0.1, 0.15) is 42.3 Å². The molecule has 4 rings (SSSR count). The maximum absolute atomic E-state index is 6.12. The summed E-state index contributed by atoms with van der Waals surface area (Å²) in [6.45, 7) is 2.09. The summed E-state index contributed by atoms with van der Waals surface area (Å²) in [6, 6.07) is 11.8. The second kappa shape index (κ2) is 6.69. The molecule has 0 saturated heterocycles. The van der Waals surface area contributed by atoms with Crippen LogP contribution in [-0.4, -0.2) is 25.5 Å². The Bertz CT molecular complexity index is 951. The van der Waals surface area contributed by atoms with Crippen molar-refractivity contribution in [1.82, 2.24) is 19.7 Å². The van der Waals surface area contributed by atoms with Crippen molar-refractivity contribution >= 4 is 33.2 Å². The number of nitrogens with zero attached hydrogens (tertiary/aromatic N) is 5. The summed E-state index contributed by atoms with van der Waals surface area (Å²) < 4.78 is 3.01. The number of fused-ring (bicyclic) bond motifs is 3. The number of pyridine rings is 1. The van der Waals surface area contributed by atoms with Crippen molar-refractivity contribution in [2.45, 2.75) is 25.3 Å². The number of rotatable bonds is 3. The number of halogens is 2. The topological polar surface area (TPSA) is 56.0 Å². The predicted octanol–water partition coefficient (Wildman–Crippen LogP) is 4.47. The van der Waals surface area contributed by atoms with Crippen LogP contribution < -0.4 is 0 Å². The normalized spacial score (nSPS) is 16.0. The standard InChI is InChI=1S/C18H15BrClN5/c1-2-13-18-24-23-16(10-20)25(18)15-7-6-11(19)9-12(15)17(22-13)14-5-3-4-8-21-14/h3-9,13H,2,10H2,1H3. The number of hydrogen-bond donors (Lipinski definition) is 0. The molecule has 0 spiro atoms. The van der Waals surface area contributed by atoms with E-state index in [9.17, 15) is 0 Å². The average molecular weight is 417 g/mol. The molecule has 0 amide bonds. The van der Waals surface area contributed by atoms with E-state index in [2.05, 4.69) is 44.1 Å². The van der Waals surface area contributed by atoms with Crippen LogP contribution in [0.15, 0.2) is 52.1 Å². The summed E-state index contributed by atoms with van der Waals surface area (Å²) in [5.74, 6) is 1.82. The highest BCUT2D eigenvalue weighted by atomic mass is 79.9. The van der Waals surface area contributed by atoms with E-state index in [1.807, 2.05) is 34.9 Å². The van der Waals surface area contributed by atoms with Crippen molar-refractivity contribution in [2.75, 3.05) is 0 Å². The molecule has 1 unspecified atom stereocenters. The van der Waals surface area contributed by atoms with Gasteiger partial charge in [-0.05, 0) is 36.8 Å². The minimum atomic E-state index is -0.104. The van der Waals surface area contributed by atoms with Gasteiger partial charge < -0.3 is 0 Å². The van der Waals surface area contributed by atoms with Gasteiger partial charge in [-0.15, -0.1) is 21.8 Å². The molecule has 3 aromatic rings. The lowest BCUT2D eigenvalue weighted by Gasteiger charge is -2.13. The molecule has 1 aromatic carbocycles. The second-order valence-electron chi connectivity index (χ2n) is 5.72. The molecule has 1 aliphatic rings. The van der Waals surface area contributed by atoms with Crippen molar-refractivity contribution < 1.29 is 0 Å². The van der Waals surface area contributed by atoms with Crippen molar-refractivity contribution in [1.29, 1.82) is 0 Å². The van der Waals surface area contributed by atoms with Gasteiger partial charge in [-0.25, -0.2) is 0 Å². The number of benzene rings is 1. The van der Waals surface area contributed by atoms with Crippen molar-refractivity contribution in [3.8, 4) is 5.69 Å². The number of aliphatic imine (C=N–C) groups is 1. The van der Waals surface area contributed by atoms with Crippen molar-refractivity contribution in [3.05, 3.63) is 70.0 Å². The first-order chi connectivity index (χ1) is 12.2. The molecule has 5 nitrogen and oxygen atoms in total. The number of hydrogen-bond acceptors (Lipinski definition) is 4. The molecule has 0 N–H and O–H groups in total. The summed E-state index contributed by atoms with van der Waals surface area (Å²) >= 11 is 9.69. The monoisotopic (exact) mass is 415 g/mol. The van der Waals surface area contributed by atoms with Crippen LogP contribution >= 0.6 is 27.5 Å². The fourth-order valence-corrected chi connectivity index (χ4v) is 3.59. The largest absolute Gasteiger partial charge is 0.279 e. The predicted molar refractivity (Wildman–Crippen MR) is 102 cm³/mol. The van der Waals surface area contributed by atoms with E-state index in [1.54, 1.807) is 6.20 Å². The molecule has 0 aliphatic carbocycles. The molecule has 0 fully saturated rings. The summed E-state index contributed by atoms with van der Waals surface area (Å²) in [5, 5.41) is 8.64. The molecule has 0 saturated carbocycles. The Morgan fingerprint density at radius 1 is 1.20 bits per heavy atom. The first-order valence-corrected chi connectivity index (χ1v) is 9.35. The third-order valence-corrected chi connectivity index (χ3v) is 4.94. The third-order valence-electron chi connectivity index (χ3n) is 4.21. The molecule has 126 valence electrons. The Labute approximate surface area is 158 Å². The summed E-state index contributed by atoms with van der Waals surface area (Å²) in [5.41, 5.74) is 3.65. The lowest BCUT2D eigenvalue weighted by molar-refractivity contribution is 0.639. The summed E-state index contributed by atoms with van der Waals surface area (Å²) in [6.07, 6.45) is 2.59. The first kappa shape index (κ1) is 16.4. The van der Waals surface area contributed by atoms with Gasteiger partial charge in [-0.1, -0.05) is 28.9 Å². The van der Waals surface area contributed by atoms with Gasteiger partial charge in [0.25, 0.3) is 0 Å². The molecule has 2 aromatic heterocycles. The zero-order valence-corrected chi connectivity index (χ0v) is 15.9. The minimum Gasteiger partial charge on any atom is -0.279 e. The van der Waals surface area contributed by atoms with Gasteiger partial charge in [-0.3, -0.25) is 14.5 Å². The molecule has 3 heterocycles. The molecular weight excluding hydrogens is 402 g/mol. The van der Waals surface area contributed by atoms with E-state index in [4.69, 9.17) is 16.6 Å². The van der Waals surface area contributed by atoms with E-state index >= 15 is 0 Å². The van der Waals surface area contributed by atoms with Crippen LogP contribution in [0.4, 0.5) is 0 Å². The molecule has 1 aliphatic heterocycles. The Morgan fingerprint density at radius 2 is 2.08 bits per heavy atom. The highest BCUT2D eigenvalue weighted by Crippen LogP contribution is 2.33. The average Bonchev–Trinajstić information content (AvgIpc) is 3.01. The van der Waals surface area contributed by atoms with Crippen molar-refractivity contribution in [3.63, 3.8) is 0 Å². The van der Waals surface area contributed by atoms with Crippen molar-refractivity contribution in [2.24, 2.45) is 4.99 Å². The SMILES string of the molecule is CCC1N=C(c2ccccn2)c2cc(Br)ccc2-n2c(CCl)nnc21. The van der Waals surface area contributed by atoms with Gasteiger partial charge in [0.15, 0.2) is 11.6 Å². The van der Waals surface area contributed by atoms with Gasteiger partial charge in [-0.2, -0.15) is 0 Å². The van der Waals surface area contributed by atoms with Gasteiger partial charge in [0.2, 0.25) is 0 Å². The fraction of sp³-hybridized carbons (Fsp3) is 0.222. The molecule has 0 bridgehead atoms. The van der Waals surface area contributed by atoms with Crippen LogP contribution in [0.3, 0.4) is 0 Å². The zero-order chi connectivity index (χ0) is 17.4. The smallest absolute Gasteiger partial charge is 0.162 e. The van der Waals surface area contributed by atoms with E-state index in [0.717, 1.165) is 45.2 Å². The van der Waals surface area contributed by atoms with Crippen LogP contribution in [-0.2, 0) is 5.88 Å². The quantitative estimate of drug-likeness (QED) is 0.592. The Hall–Kier alpha value is -2.05. The number of aromatic nitrogens is 4. The van der Waals surface area contributed by atoms with Gasteiger partial charge in [0.05, 0.1) is 23.0 Å². The van der Waals surface area contributed by atoms with E-state index in [1.165, 1.54) is 0 Å². The van der Waals surface area contributed by atoms with E-state index in [0.29, 0.717) is 0 Å². The second-order valence-corrected chi connectivity index (χ2v) is 6.90. The maximum atomic E-state index is 6.12. The van der Waals surface area contributed by atoms with Gasteiger partial charge >= 0.3 is 0 Å². The zero-order valence-electron chi connectivity index (χ0n) is 13.5. The minimum absolute atomic E-state index is 0.104. The molecule has 0 radical (unpaired) electrons. The first-order valence-electron chi connectivity index (χ1n) is 8.02. The van der Waals surface area contributed by atoms with E-state index < -0.39 is 0 Å². The molecular formula is C18H15BrClN5. The lowest BCUT2D eigenvalue weighted by atomic mass is 10.0. The lowest BCUT2D eigenvalue weighted by Crippen LogP contribution is -2.10. The Kier molecular flexibility index (Phi) is 4.39. The van der Waals surface area contributed by atoms with Crippen LogP contribution in [0.2, 0.25) is 0 Å². The highest BCUT2D eigenvalue weighted by molar-refractivity contribution is 9.10. The fourth-order valence-electron chi connectivity index (χ4n) is 3.05. The van der Waals surface area contributed by atoms with Crippen LogP contribution in [0.5, 0.6) is 0 Å². The van der Waals surface area contributed by atoms with Gasteiger partial charge in [0, 0.05) is 16.2 Å². The highest BCUT2D eigenvalue weighted by Gasteiger charge is 2.28. The maximum Gasteiger partial charge on any atom is 0.162 e. The number of alkyl halides is 1.